The Morgan fingerprint density at radius 2 is 1.95 bits per heavy atom. The molecule has 1 aromatic rings. The molecular weight excluding hydrogens is 274 g/mol. The van der Waals surface area contributed by atoms with Gasteiger partial charge in [-0.15, -0.1) is 0 Å². The summed E-state index contributed by atoms with van der Waals surface area (Å²) in [4.78, 5) is 14.4. The van der Waals surface area contributed by atoms with Crippen LogP contribution in [0.4, 0.5) is 0 Å². The van der Waals surface area contributed by atoms with Crippen molar-refractivity contribution in [1.82, 2.24) is 4.90 Å². The van der Waals surface area contributed by atoms with Crippen LogP contribution in [0.25, 0.3) is 0 Å². The summed E-state index contributed by atoms with van der Waals surface area (Å²) in [5, 5.41) is 10.3. The van der Waals surface area contributed by atoms with E-state index in [0.29, 0.717) is 16.5 Å². The number of rotatable bonds is 1. The summed E-state index contributed by atoms with van der Waals surface area (Å²) < 4.78 is 0. The second kappa shape index (κ2) is 5.65. The van der Waals surface area contributed by atoms with Gasteiger partial charge in [-0.05, 0) is 42.9 Å². The number of nitrogens with zero attached hydrogens (tertiary/aromatic N) is 1. The van der Waals surface area contributed by atoms with Gasteiger partial charge in [0.15, 0.2) is 0 Å². The SMILES string of the molecule is O=C(c1ccc(Cl)cc1O)N1CCC2CCCCC2C1. The third kappa shape index (κ3) is 2.64. The fraction of sp³-hybridized carbons (Fsp3) is 0.562. The monoisotopic (exact) mass is 293 g/mol. The van der Waals surface area contributed by atoms with Crippen LogP contribution in [-0.2, 0) is 0 Å². The number of hydrogen-bond acceptors (Lipinski definition) is 2. The molecule has 1 saturated carbocycles. The van der Waals surface area contributed by atoms with Gasteiger partial charge in [-0.1, -0.05) is 30.9 Å². The average Bonchev–Trinajstić information content (AvgIpc) is 2.46. The number of aromatic hydroxyl groups is 1. The standard InChI is InChI=1S/C16H20ClNO2/c17-13-5-6-14(15(19)9-13)16(20)18-8-7-11-3-1-2-4-12(11)10-18/h5-6,9,11-12,19H,1-4,7-8,10H2. The lowest BCUT2D eigenvalue weighted by Gasteiger charge is -2.41. The highest BCUT2D eigenvalue weighted by atomic mass is 35.5. The van der Waals surface area contributed by atoms with E-state index < -0.39 is 0 Å². The molecule has 1 aliphatic carbocycles. The van der Waals surface area contributed by atoms with E-state index in [9.17, 15) is 9.90 Å². The molecule has 2 aliphatic rings. The van der Waals surface area contributed by atoms with Crippen LogP contribution in [0.5, 0.6) is 5.75 Å². The quantitative estimate of drug-likeness (QED) is 0.858. The maximum atomic E-state index is 12.5. The predicted octanol–water partition coefficient (Wildman–Crippen LogP) is 3.70. The summed E-state index contributed by atoms with van der Waals surface area (Å²) in [5.74, 6) is 1.36. The Kier molecular flexibility index (Phi) is 3.88. The van der Waals surface area contributed by atoms with Crippen LogP contribution >= 0.6 is 11.6 Å². The van der Waals surface area contributed by atoms with E-state index in [-0.39, 0.29) is 11.7 Å². The van der Waals surface area contributed by atoms with E-state index >= 15 is 0 Å². The first kappa shape index (κ1) is 13.7. The van der Waals surface area contributed by atoms with E-state index in [1.807, 2.05) is 4.90 Å². The molecule has 0 radical (unpaired) electrons. The van der Waals surface area contributed by atoms with Gasteiger partial charge in [0.05, 0.1) is 5.56 Å². The van der Waals surface area contributed by atoms with Crippen LogP contribution in [0.2, 0.25) is 5.02 Å². The Bertz CT molecular complexity index is 517. The molecule has 2 atom stereocenters. The number of likely N-dealkylation sites (tertiary alicyclic amines) is 1. The number of amides is 1. The van der Waals surface area contributed by atoms with E-state index in [1.54, 1.807) is 12.1 Å². The van der Waals surface area contributed by atoms with Crippen LogP contribution in [0, 0.1) is 11.8 Å². The molecular formula is C16H20ClNO2. The zero-order chi connectivity index (χ0) is 14.1. The molecule has 1 N–H and O–H groups in total. The highest BCUT2D eigenvalue weighted by Crippen LogP contribution is 2.36. The van der Waals surface area contributed by atoms with Crippen molar-refractivity contribution >= 4 is 17.5 Å². The maximum Gasteiger partial charge on any atom is 0.257 e. The second-order valence-electron chi connectivity index (χ2n) is 6.01. The third-order valence-corrected chi connectivity index (χ3v) is 5.00. The smallest absolute Gasteiger partial charge is 0.257 e. The van der Waals surface area contributed by atoms with Crippen LogP contribution in [-0.4, -0.2) is 29.0 Å². The van der Waals surface area contributed by atoms with Crippen molar-refractivity contribution < 1.29 is 9.90 Å². The summed E-state index contributed by atoms with van der Waals surface area (Å²) >= 11 is 5.81. The fourth-order valence-electron chi connectivity index (χ4n) is 3.64. The van der Waals surface area contributed by atoms with Gasteiger partial charge in [0, 0.05) is 18.1 Å². The molecule has 1 amide bonds. The molecule has 1 saturated heterocycles. The number of carbonyl (C=O) groups excluding carboxylic acids is 1. The Hall–Kier alpha value is -1.22. The average molecular weight is 294 g/mol. The van der Waals surface area contributed by atoms with Gasteiger partial charge in [-0.2, -0.15) is 0 Å². The van der Waals surface area contributed by atoms with Crippen molar-refractivity contribution in [1.29, 1.82) is 0 Å². The molecule has 4 heteroatoms. The van der Waals surface area contributed by atoms with Crippen molar-refractivity contribution in [3.63, 3.8) is 0 Å². The molecule has 0 aromatic heterocycles. The molecule has 108 valence electrons. The van der Waals surface area contributed by atoms with Gasteiger partial charge in [-0.25, -0.2) is 0 Å². The van der Waals surface area contributed by atoms with Crippen LogP contribution in [0.1, 0.15) is 42.5 Å². The lowest BCUT2D eigenvalue weighted by atomic mass is 9.75. The zero-order valence-electron chi connectivity index (χ0n) is 11.5. The van der Waals surface area contributed by atoms with Crippen molar-refractivity contribution in [2.45, 2.75) is 32.1 Å². The van der Waals surface area contributed by atoms with Gasteiger partial charge >= 0.3 is 0 Å². The molecule has 3 nitrogen and oxygen atoms in total. The molecule has 0 bridgehead atoms. The number of fused-ring (bicyclic) bond motifs is 1. The Labute approximate surface area is 124 Å². The van der Waals surface area contributed by atoms with Gasteiger partial charge in [0.2, 0.25) is 0 Å². The van der Waals surface area contributed by atoms with Crippen molar-refractivity contribution in [2.75, 3.05) is 13.1 Å². The van der Waals surface area contributed by atoms with Crippen molar-refractivity contribution in [2.24, 2.45) is 11.8 Å². The summed E-state index contributed by atoms with van der Waals surface area (Å²) in [7, 11) is 0. The van der Waals surface area contributed by atoms with E-state index in [4.69, 9.17) is 11.6 Å². The van der Waals surface area contributed by atoms with E-state index in [2.05, 4.69) is 0 Å². The summed E-state index contributed by atoms with van der Waals surface area (Å²) in [5.41, 5.74) is 0.364. The molecule has 3 rings (SSSR count). The Balaban J connectivity index is 1.74. The van der Waals surface area contributed by atoms with Crippen LogP contribution in [0.15, 0.2) is 18.2 Å². The summed E-state index contributed by atoms with van der Waals surface area (Å²) in [6, 6.07) is 4.71. The summed E-state index contributed by atoms with van der Waals surface area (Å²) in [6.07, 6.45) is 6.28. The second-order valence-corrected chi connectivity index (χ2v) is 6.44. The van der Waals surface area contributed by atoms with Crippen LogP contribution in [0.3, 0.4) is 0 Å². The first-order valence-electron chi connectivity index (χ1n) is 7.43. The maximum absolute atomic E-state index is 12.5. The third-order valence-electron chi connectivity index (χ3n) is 4.77. The molecule has 2 fully saturated rings. The Morgan fingerprint density at radius 1 is 1.20 bits per heavy atom. The van der Waals surface area contributed by atoms with Gasteiger partial charge in [0.1, 0.15) is 5.75 Å². The van der Waals surface area contributed by atoms with Crippen LogP contribution < -0.4 is 0 Å². The van der Waals surface area contributed by atoms with E-state index in [1.165, 1.54) is 31.7 Å². The highest BCUT2D eigenvalue weighted by Gasteiger charge is 2.33. The number of halogens is 1. The fourth-order valence-corrected chi connectivity index (χ4v) is 3.81. The molecule has 2 unspecified atom stereocenters. The first-order valence-corrected chi connectivity index (χ1v) is 7.81. The zero-order valence-corrected chi connectivity index (χ0v) is 12.3. The van der Waals surface area contributed by atoms with Gasteiger partial charge in [0.25, 0.3) is 5.91 Å². The minimum atomic E-state index is -0.0665. The lowest BCUT2D eigenvalue weighted by Crippen LogP contribution is -2.44. The number of benzene rings is 1. The minimum Gasteiger partial charge on any atom is -0.507 e. The normalized spacial score (nSPS) is 26.1. The minimum absolute atomic E-state index is 0.0201. The molecule has 1 aromatic carbocycles. The lowest BCUT2D eigenvalue weighted by molar-refractivity contribution is 0.0518. The van der Waals surface area contributed by atoms with Gasteiger partial charge < -0.3 is 10.0 Å². The molecule has 0 spiro atoms. The highest BCUT2D eigenvalue weighted by molar-refractivity contribution is 6.30. The van der Waals surface area contributed by atoms with Crippen molar-refractivity contribution in [3.8, 4) is 5.75 Å². The number of carbonyl (C=O) groups is 1. The topological polar surface area (TPSA) is 40.5 Å². The van der Waals surface area contributed by atoms with E-state index in [0.717, 1.165) is 25.4 Å². The first-order chi connectivity index (χ1) is 9.65. The largest absolute Gasteiger partial charge is 0.507 e. The van der Waals surface area contributed by atoms with Crippen molar-refractivity contribution in [3.05, 3.63) is 28.8 Å². The molecule has 1 heterocycles. The number of hydrogen-bond donors (Lipinski definition) is 1. The Morgan fingerprint density at radius 3 is 2.70 bits per heavy atom. The summed E-state index contributed by atoms with van der Waals surface area (Å²) in [6.45, 7) is 1.65. The molecule has 1 aliphatic heterocycles. The number of phenols is 1. The number of piperidine rings is 1. The predicted molar refractivity (Wildman–Crippen MR) is 79.1 cm³/mol. The number of phenolic OH excluding ortho intramolecular Hbond substituents is 1. The molecule has 20 heavy (non-hydrogen) atoms. The van der Waals surface area contributed by atoms with Gasteiger partial charge in [-0.3, -0.25) is 4.79 Å².